The fourth-order valence-corrected chi connectivity index (χ4v) is 3.31. The smallest absolute Gasteiger partial charge is 0.0426 e. The average molecular weight is 315 g/mol. The summed E-state index contributed by atoms with van der Waals surface area (Å²) in [6.45, 7) is 9.68. The van der Waals surface area contributed by atoms with Crippen molar-refractivity contribution in [3.05, 3.63) is 64.2 Å². The summed E-state index contributed by atoms with van der Waals surface area (Å²) in [5, 5.41) is 0.822. The predicted octanol–water partition coefficient (Wildman–Crippen LogP) is 4.28. The summed E-state index contributed by atoms with van der Waals surface area (Å²) in [4.78, 5) is 4.99. The minimum Gasteiger partial charge on any atom is -0.369 e. The predicted molar refractivity (Wildman–Crippen MR) is 94.9 cm³/mol. The van der Waals surface area contributed by atoms with Crippen LogP contribution >= 0.6 is 11.6 Å². The van der Waals surface area contributed by atoms with E-state index in [9.17, 15) is 0 Å². The van der Waals surface area contributed by atoms with Crippen molar-refractivity contribution in [2.75, 3.05) is 31.1 Å². The highest BCUT2D eigenvalue weighted by molar-refractivity contribution is 6.30. The molecule has 1 aliphatic rings. The molecule has 0 aromatic heterocycles. The molecule has 0 aliphatic carbocycles. The van der Waals surface area contributed by atoms with Gasteiger partial charge >= 0.3 is 0 Å². The molecule has 0 amide bonds. The van der Waals surface area contributed by atoms with Crippen LogP contribution in [0.25, 0.3) is 0 Å². The molecule has 116 valence electrons. The maximum atomic E-state index is 6.15. The molecule has 2 aromatic rings. The van der Waals surface area contributed by atoms with Crippen LogP contribution < -0.4 is 4.90 Å². The summed E-state index contributed by atoms with van der Waals surface area (Å²) in [5.74, 6) is 0. The lowest BCUT2D eigenvalue weighted by atomic mass is 10.1. The quantitative estimate of drug-likeness (QED) is 0.834. The molecule has 3 rings (SSSR count). The third kappa shape index (κ3) is 3.63. The molecular weight excluding hydrogens is 292 g/mol. The molecule has 1 heterocycles. The molecule has 0 N–H and O–H groups in total. The molecular formula is C19H23ClN2. The highest BCUT2D eigenvalue weighted by atomic mass is 35.5. The maximum absolute atomic E-state index is 6.15. The summed E-state index contributed by atoms with van der Waals surface area (Å²) >= 11 is 6.15. The molecule has 22 heavy (non-hydrogen) atoms. The number of nitrogens with zero attached hydrogens (tertiary/aromatic N) is 2. The van der Waals surface area contributed by atoms with Gasteiger partial charge in [-0.05, 0) is 37.1 Å². The summed E-state index contributed by atoms with van der Waals surface area (Å²) in [6.07, 6.45) is 0. The van der Waals surface area contributed by atoms with Crippen molar-refractivity contribution < 1.29 is 0 Å². The van der Waals surface area contributed by atoms with Gasteiger partial charge in [0.15, 0.2) is 0 Å². The normalized spacial score (nSPS) is 16.0. The van der Waals surface area contributed by atoms with Gasteiger partial charge in [-0.1, -0.05) is 47.5 Å². The second-order valence-electron chi connectivity index (χ2n) is 6.18. The third-order valence-corrected chi connectivity index (χ3v) is 4.61. The summed E-state index contributed by atoms with van der Waals surface area (Å²) in [5.41, 5.74) is 5.33. The number of benzene rings is 2. The van der Waals surface area contributed by atoms with Crippen LogP contribution in [0.15, 0.2) is 42.5 Å². The van der Waals surface area contributed by atoms with Crippen molar-refractivity contribution in [3.8, 4) is 0 Å². The van der Waals surface area contributed by atoms with Crippen molar-refractivity contribution in [1.82, 2.24) is 4.90 Å². The molecule has 1 saturated heterocycles. The van der Waals surface area contributed by atoms with Gasteiger partial charge in [0, 0.05) is 43.4 Å². The first-order valence-electron chi connectivity index (χ1n) is 7.91. The van der Waals surface area contributed by atoms with Crippen LogP contribution in [0, 0.1) is 13.8 Å². The van der Waals surface area contributed by atoms with Gasteiger partial charge in [0.25, 0.3) is 0 Å². The Morgan fingerprint density at radius 2 is 1.73 bits per heavy atom. The molecule has 0 spiro atoms. The van der Waals surface area contributed by atoms with E-state index in [4.69, 9.17) is 11.6 Å². The van der Waals surface area contributed by atoms with Gasteiger partial charge in [-0.15, -0.1) is 0 Å². The van der Waals surface area contributed by atoms with Crippen LogP contribution in [0.3, 0.4) is 0 Å². The van der Waals surface area contributed by atoms with E-state index in [1.807, 2.05) is 6.07 Å². The molecule has 0 unspecified atom stereocenters. The van der Waals surface area contributed by atoms with Gasteiger partial charge in [-0.3, -0.25) is 4.90 Å². The third-order valence-electron chi connectivity index (χ3n) is 4.37. The van der Waals surface area contributed by atoms with Crippen LogP contribution in [0.1, 0.15) is 16.7 Å². The van der Waals surface area contributed by atoms with Crippen molar-refractivity contribution >= 4 is 17.3 Å². The van der Waals surface area contributed by atoms with Crippen molar-refractivity contribution in [2.45, 2.75) is 20.4 Å². The zero-order valence-corrected chi connectivity index (χ0v) is 14.1. The van der Waals surface area contributed by atoms with Crippen LogP contribution in [-0.2, 0) is 6.54 Å². The zero-order chi connectivity index (χ0) is 15.5. The van der Waals surface area contributed by atoms with Crippen LogP contribution in [0.2, 0.25) is 5.02 Å². The van der Waals surface area contributed by atoms with E-state index in [0.29, 0.717) is 0 Å². The molecule has 2 aromatic carbocycles. The molecule has 0 bridgehead atoms. The van der Waals surface area contributed by atoms with E-state index in [1.54, 1.807) is 0 Å². The number of anilines is 1. The van der Waals surface area contributed by atoms with Gasteiger partial charge < -0.3 is 4.90 Å². The van der Waals surface area contributed by atoms with E-state index < -0.39 is 0 Å². The zero-order valence-electron chi connectivity index (χ0n) is 13.3. The van der Waals surface area contributed by atoms with Crippen molar-refractivity contribution in [3.63, 3.8) is 0 Å². The molecule has 3 heteroatoms. The Morgan fingerprint density at radius 3 is 2.45 bits per heavy atom. The van der Waals surface area contributed by atoms with Crippen LogP contribution in [0.5, 0.6) is 0 Å². The lowest BCUT2D eigenvalue weighted by molar-refractivity contribution is 0.250. The minimum absolute atomic E-state index is 0.822. The van der Waals surface area contributed by atoms with Gasteiger partial charge in [-0.25, -0.2) is 0 Å². The second-order valence-corrected chi connectivity index (χ2v) is 6.62. The number of halogens is 1. The number of hydrogen-bond acceptors (Lipinski definition) is 2. The standard InChI is InChI=1S/C19H23ClN2/c1-15-4-3-5-17(12-15)14-21-8-10-22(11-9-21)19-13-18(20)7-6-16(19)2/h3-7,12-13H,8-11,14H2,1-2H3. The highest BCUT2D eigenvalue weighted by Crippen LogP contribution is 2.25. The van der Waals surface area contributed by atoms with E-state index in [0.717, 1.165) is 37.7 Å². The summed E-state index contributed by atoms with van der Waals surface area (Å²) in [7, 11) is 0. The molecule has 1 aliphatic heterocycles. The summed E-state index contributed by atoms with van der Waals surface area (Å²) in [6, 6.07) is 15.0. The van der Waals surface area contributed by atoms with E-state index in [2.05, 4.69) is 60.0 Å². The second kappa shape index (κ2) is 6.72. The Bertz CT molecular complexity index is 646. The lowest BCUT2D eigenvalue weighted by Crippen LogP contribution is -2.46. The Labute approximate surface area is 138 Å². The van der Waals surface area contributed by atoms with Crippen molar-refractivity contribution in [1.29, 1.82) is 0 Å². The highest BCUT2D eigenvalue weighted by Gasteiger charge is 2.18. The van der Waals surface area contributed by atoms with E-state index in [-0.39, 0.29) is 0 Å². The monoisotopic (exact) mass is 314 g/mol. The summed E-state index contributed by atoms with van der Waals surface area (Å²) < 4.78 is 0. The van der Waals surface area contributed by atoms with Crippen LogP contribution in [-0.4, -0.2) is 31.1 Å². The number of aryl methyl sites for hydroxylation is 2. The molecule has 0 radical (unpaired) electrons. The molecule has 2 nitrogen and oxygen atoms in total. The van der Waals surface area contributed by atoms with Gasteiger partial charge in [0.2, 0.25) is 0 Å². The maximum Gasteiger partial charge on any atom is 0.0426 e. The Hall–Kier alpha value is -1.51. The SMILES string of the molecule is Cc1cccc(CN2CCN(c3cc(Cl)ccc3C)CC2)c1. The topological polar surface area (TPSA) is 6.48 Å². The van der Waals surface area contributed by atoms with Gasteiger partial charge in [0.1, 0.15) is 0 Å². The molecule has 0 atom stereocenters. The molecule has 0 saturated carbocycles. The largest absolute Gasteiger partial charge is 0.369 e. The Morgan fingerprint density at radius 1 is 0.955 bits per heavy atom. The fraction of sp³-hybridized carbons (Fsp3) is 0.368. The van der Waals surface area contributed by atoms with Crippen molar-refractivity contribution in [2.24, 2.45) is 0 Å². The van der Waals surface area contributed by atoms with Crippen LogP contribution in [0.4, 0.5) is 5.69 Å². The minimum atomic E-state index is 0.822. The number of hydrogen-bond donors (Lipinski definition) is 0. The lowest BCUT2D eigenvalue weighted by Gasteiger charge is -2.37. The number of rotatable bonds is 3. The van der Waals surface area contributed by atoms with Gasteiger partial charge in [0.05, 0.1) is 0 Å². The fourth-order valence-electron chi connectivity index (χ4n) is 3.14. The van der Waals surface area contributed by atoms with Gasteiger partial charge in [-0.2, -0.15) is 0 Å². The Kier molecular flexibility index (Phi) is 4.70. The first-order chi connectivity index (χ1) is 10.6. The Balaban J connectivity index is 1.61. The first kappa shape index (κ1) is 15.4. The number of piperazine rings is 1. The first-order valence-corrected chi connectivity index (χ1v) is 8.28. The average Bonchev–Trinajstić information content (AvgIpc) is 2.51. The van der Waals surface area contributed by atoms with E-state index >= 15 is 0 Å². The van der Waals surface area contributed by atoms with E-state index in [1.165, 1.54) is 22.4 Å². The molecule has 1 fully saturated rings.